The highest BCUT2D eigenvalue weighted by atomic mass is 35.5. The van der Waals surface area contributed by atoms with E-state index in [0.717, 1.165) is 9.54 Å². The van der Waals surface area contributed by atoms with Crippen molar-refractivity contribution in [3.63, 3.8) is 0 Å². The van der Waals surface area contributed by atoms with Crippen LogP contribution >= 0.6 is 11.6 Å². The quantitative estimate of drug-likeness (QED) is 0.274. The molecule has 11 nitrogen and oxygen atoms in total. The first-order chi connectivity index (χ1) is 18.2. The summed E-state index contributed by atoms with van der Waals surface area (Å²) in [5.74, 6) is 2.19. The van der Waals surface area contributed by atoms with Crippen molar-refractivity contribution in [2.75, 3.05) is 26.6 Å². The van der Waals surface area contributed by atoms with Gasteiger partial charge in [0, 0.05) is 18.3 Å². The molecule has 0 saturated carbocycles. The molecular formula is C25H23ClN6O5S. The Bertz CT molecular complexity index is 1720. The maximum absolute atomic E-state index is 13.3. The molecule has 1 N–H and O–H groups in total. The molecule has 0 radical (unpaired) electrons. The number of fused-ring (bicyclic) bond motifs is 1. The van der Waals surface area contributed by atoms with E-state index in [1.165, 1.54) is 27.5 Å². The fraction of sp³-hybridized carbons (Fsp3) is 0.160. The molecule has 0 aliphatic rings. The summed E-state index contributed by atoms with van der Waals surface area (Å²) in [4.78, 5) is 13.0. The van der Waals surface area contributed by atoms with Crippen LogP contribution in [0.15, 0.2) is 66.1 Å². The highest BCUT2D eigenvalue weighted by molar-refractivity contribution is 7.90. The SMILES string of the molecule is COc1cc(-n2cnc(Nc3nc(Cl)nc4c3ccn4S(=O)(=O)c3ccc(C)cc3)c2)cc(OC)c1OC. The summed E-state index contributed by atoms with van der Waals surface area (Å²) >= 11 is 6.20. The third-order valence-electron chi connectivity index (χ3n) is 5.84. The Balaban J connectivity index is 1.51. The van der Waals surface area contributed by atoms with E-state index in [0.29, 0.717) is 40.0 Å². The van der Waals surface area contributed by atoms with Crippen molar-refractivity contribution in [1.82, 2.24) is 23.5 Å². The summed E-state index contributed by atoms with van der Waals surface area (Å²) in [6, 6.07) is 11.7. The first-order valence-corrected chi connectivity index (χ1v) is 13.0. The van der Waals surface area contributed by atoms with Gasteiger partial charge < -0.3 is 24.1 Å². The molecule has 196 valence electrons. The van der Waals surface area contributed by atoms with Gasteiger partial charge in [0.2, 0.25) is 11.0 Å². The lowest BCUT2D eigenvalue weighted by molar-refractivity contribution is 0.324. The highest BCUT2D eigenvalue weighted by Crippen LogP contribution is 2.39. The second-order valence-corrected chi connectivity index (χ2v) is 10.3. The van der Waals surface area contributed by atoms with E-state index in [-0.39, 0.29) is 15.8 Å². The normalized spacial score (nSPS) is 11.5. The molecule has 3 heterocycles. The van der Waals surface area contributed by atoms with Crippen LogP contribution in [-0.2, 0) is 10.0 Å². The van der Waals surface area contributed by atoms with Gasteiger partial charge in [0.05, 0.1) is 43.5 Å². The summed E-state index contributed by atoms with van der Waals surface area (Å²) < 4.78 is 45.7. The molecule has 5 rings (SSSR count). The van der Waals surface area contributed by atoms with E-state index in [9.17, 15) is 8.42 Å². The molecule has 5 aromatic rings. The summed E-state index contributed by atoms with van der Waals surface area (Å²) in [7, 11) is 0.702. The number of imidazole rings is 1. The predicted molar refractivity (Wildman–Crippen MR) is 143 cm³/mol. The molecule has 0 fully saturated rings. The second kappa shape index (κ2) is 9.88. The Morgan fingerprint density at radius 2 is 1.63 bits per heavy atom. The van der Waals surface area contributed by atoms with Crippen LogP contribution in [0.3, 0.4) is 0 Å². The molecular weight excluding hydrogens is 532 g/mol. The molecule has 0 aliphatic carbocycles. The molecule has 0 saturated heterocycles. The van der Waals surface area contributed by atoms with Crippen molar-refractivity contribution in [3.05, 3.63) is 72.0 Å². The lowest BCUT2D eigenvalue weighted by Crippen LogP contribution is -2.12. The van der Waals surface area contributed by atoms with Crippen LogP contribution in [0.4, 0.5) is 11.6 Å². The van der Waals surface area contributed by atoms with Crippen LogP contribution in [0.1, 0.15) is 5.56 Å². The number of anilines is 2. The standard InChI is InChI=1S/C25H23ClN6O5S/c1-15-5-7-17(8-6-15)38(33,34)32-10-9-18-23(29-25(26)30-24(18)32)28-21-13-31(14-27-21)16-11-19(35-2)22(37-4)20(12-16)36-3/h5-14H,1-4H3,(H,28,29,30). The Morgan fingerprint density at radius 1 is 0.947 bits per heavy atom. The van der Waals surface area contributed by atoms with Crippen molar-refractivity contribution in [2.45, 2.75) is 11.8 Å². The van der Waals surface area contributed by atoms with Gasteiger partial charge in [-0.3, -0.25) is 0 Å². The number of hydrogen-bond donors (Lipinski definition) is 1. The number of ether oxygens (including phenoxy) is 3. The largest absolute Gasteiger partial charge is 0.493 e. The minimum absolute atomic E-state index is 0.122. The molecule has 13 heteroatoms. The van der Waals surface area contributed by atoms with Gasteiger partial charge in [-0.25, -0.2) is 17.4 Å². The predicted octanol–water partition coefficient (Wildman–Crippen LogP) is 4.59. The van der Waals surface area contributed by atoms with Crippen molar-refractivity contribution >= 4 is 44.3 Å². The number of methoxy groups -OCH3 is 3. The van der Waals surface area contributed by atoms with Crippen LogP contribution in [0.2, 0.25) is 5.28 Å². The van der Waals surface area contributed by atoms with E-state index in [4.69, 9.17) is 25.8 Å². The van der Waals surface area contributed by atoms with E-state index in [2.05, 4.69) is 20.3 Å². The molecule has 2 aromatic carbocycles. The Hall–Kier alpha value is -4.29. The van der Waals surface area contributed by atoms with Crippen LogP contribution in [0, 0.1) is 6.92 Å². The average Bonchev–Trinajstić information content (AvgIpc) is 3.55. The number of aryl methyl sites for hydroxylation is 1. The number of hydrogen-bond acceptors (Lipinski definition) is 9. The number of nitrogens with zero attached hydrogens (tertiary/aromatic N) is 5. The van der Waals surface area contributed by atoms with Gasteiger partial charge in [-0.05, 0) is 36.7 Å². The van der Waals surface area contributed by atoms with Crippen molar-refractivity contribution < 1.29 is 22.6 Å². The van der Waals surface area contributed by atoms with Gasteiger partial charge in [0.25, 0.3) is 10.0 Å². The van der Waals surface area contributed by atoms with Gasteiger partial charge in [-0.2, -0.15) is 9.97 Å². The molecule has 0 atom stereocenters. The zero-order valence-corrected chi connectivity index (χ0v) is 22.4. The first kappa shape index (κ1) is 25.4. The fourth-order valence-electron chi connectivity index (χ4n) is 3.94. The van der Waals surface area contributed by atoms with Crippen LogP contribution in [0.5, 0.6) is 17.2 Å². The van der Waals surface area contributed by atoms with Crippen molar-refractivity contribution in [1.29, 1.82) is 0 Å². The smallest absolute Gasteiger partial charge is 0.269 e. The maximum Gasteiger partial charge on any atom is 0.269 e. The molecule has 38 heavy (non-hydrogen) atoms. The maximum atomic E-state index is 13.3. The van der Waals surface area contributed by atoms with Crippen LogP contribution in [0.25, 0.3) is 16.7 Å². The van der Waals surface area contributed by atoms with Gasteiger partial charge in [0.15, 0.2) is 17.1 Å². The minimum Gasteiger partial charge on any atom is -0.493 e. The first-order valence-electron chi connectivity index (χ1n) is 11.2. The number of nitrogens with one attached hydrogen (secondary N) is 1. The summed E-state index contributed by atoms with van der Waals surface area (Å²) in [6.07, 6.45) is 4.74. The molecule has 0 spiro atoms. The van der Waals surface area contributed by atoms with Gasteiger partial charge >= 0.3 is 0 Å². The second-order valence-electron chi connectivity index (χ2n) is 8.18. The molecule has 0 amide bonds. The van der Waals surface area contributed by atoms with Crippen molar-refractivity contribution in [3.8, 4) is 22.9 Å². The van der Waals surface area contributed by atoms with E-state index in [1.807, 2.05) is 6.92 Å². The fourth-order valence-corrected chi connectivity index (χ4v) is 5.40. The number of benzene rings is 2. The number of aromatic nitrogens is 5. The van der Waals surface area contributed by atoms with Gasteiger partial charge in [0.1, 0.15) is 18.0 Å². The zero-order valence-electron chi connectivity index (χ0n) is 20.8. The van der Waals surface area contributed by atoms with E-state index >= 15 is 0 Å². The molecule has 0 unspecified atom stereocenters. The van der Waals surface area contributed by atoms with E-state index in [1.54, 1.807) is 59.6 Å². The highest BCUT2D eigenvalue weighted by Gasteiger charge is 2.22. The third-order valence-corrected chi connectivity index (χ3v) is 7.69. The Morgan fingerprint density at radius 3 is 2.26 bits per heavy atom. The van der Waals surface area contributed by atoms with Gasteiger partial charge in [-0.15, -0.1) is 0 Å². The van der Waals surface area contributed by atoms with Crippen LogP contribution in [-0.4, -0.2) is 53.2 Å². The van der Waals surface area contributed by atoms with E-state index < -0.39 is 10.0 Å². The lowest BCUT2D eigenvalue weighted by atomic mass is 10.2. The molecule has 0 bridgehead atoms. The monoisotopic (exact) mass is 554 g/mol. The average molecular weight is 555 g/mol. The number of halogens is 1. The third kappa shape index (κ3) is 4.48. The molecule has 0 aliphatic heterocycles. The summed E-state index contributed by atoms with van der Waals surface area (Å²) in [6.45, 7) is 1.88. The Labute approximate surface area is 223 Å². The summed E-state index contributed by atoms with van der Waals surface area (Å²) in [5, 5.41) is 3.44. The van der Waals surface area contributed by atoms with Crippen molar-refractivity contribution in [2.24, 2.45) is 0 Å². The van der Waals surface area contributed by atoms with Crippen LogP contribution < -0.4 is 19.5 Å². The minimum atomic E-state index is -3.91. The Kier molecular flexibility index (Phi) is 6.59. The topological polar surface area (TPSA) is 122 Å². The number of rotatable bonds is 8. The van der Waals surface area contributed by atoms with Gasteiger partial charge in [-0.1, -0.05) is 17.7 Å². The zero-order chi connectivity index (χ0) is 27.0. The lowest BCUT2D eigenvalue weighted by Gasteiger charge is -2.14. The summed E-state index contributed by atoms with van der Waals surface area (Å²) in [5.41, 5.74) is 1.79. The molecule has 3 aromatic heterocycles.